The normalized spacial score (nSPS) is 13.6. The van der Waals surface area contributed by atoms with Gasteiger partial charge in [0, 0.05) is 29.6 Å². The van der Waals surface area contributed by atoms with Gasteiger partial charge in [-0.25, -0.2) is 0 Å². The molecule has 29 heavy (non-hydrogen) atoms. The van der Waals surface area contributed by atoms with Crippen LogP contribution in [0.4, 0.5) is 22.7 Å². The molecule has 0 bridgehead atoms. The lowest BCUT2D eigenvalue weighted by molar-refractivity contribution is 1.14. The highest BCUT2D eigenvalue weighted by Crippen LogP contribution is 2.46. The lowest BCUT2D eigenvalue weighted by Gasteiger charge is -1.99. The third kappa shape index (κ3) is 3.34. The van der Waals surface area contributed by atoms with Crippen molar-refractivity contribution in [2.75, 3.05) is 5.73 Å². The number of anilines is 1. The second kappa shape index (κ2) is 7.21. The Bertz CT molecular complexity index is 1240. The van der Waals surface area contributed by atoms with Crippen LogP contribution in [0.3, 0.4) is 0 Å². The van der Waals surface area contributed by atoms with Crippen molar-refractivity contribution in [2.24, 2.45) is 4.99 Å². The van der Waals surface area contributed by atoms with E-state index in [0.717, 1.165) is 45.0 Å². The van der Waals surface area contributed by atoms with Gasteiger partial charge in [0.25, 0.3) is 0 Å². The number of rotatable bonds is 3. The Kier molecular flexibility index (Phi) is 4.26. The summed E-state index contributed by atoms with van der Waals surface area (Å²) < 4.78 is 2.23. The molecule has 0 saturated carbocycles. The smallest absolute Gasteiger partial charge is 0.219 e. The van der Waals surface area contributed by atoms with Crippen LogP contribution >= 0.6 is 0 Å². The molecule has 0 aliphatic carbocycles. The van der Waals surface area contributed by atoms with Gasteiger partial charge in [-0.1, -0.05) is 48.5 Å². The number of benzene rings is 4. The molecule has 0 aromatic heterocycles. The number of aliphatic imine (C=N–C) groups is 1. The first-order chi connectivity index (χ1) is 14.3. The van der Waals surface area contributed by atoms with Gasteiger partial charge in [-0.3, -0.25) is 4.99 Å². The van der Waals surface area contributed by atoms with Crippen molar-refractivity contribution >= 4 is 35.2 Å². The molecule has 4 aromatic rings. The summed E-state index contributed by atoms with van der Waals surface area (Å²) in [5, 5.41) is 0. The molecule has 3 nitrogen and oxygen atoms in total. The molecule has 138 valence electrons. The first-order valence-electron chi connectivity index (χ1n) is 9.60. The van der Waals surface area contributed by atoms with Crippen LogP contribution in [0.2, 0.25) is 0 Å². The Morgan fingerprint density at radius 2 is 1.28 bits per heavy atom. The summed E-state index contributed by atoms with van der Waals surface area (Å²) >= 11 is 0. The van der Waals surface area contributed by atoms with E-state index in [-0.39, 0.29) is 0 Å². The Morgan fingerprint density at radius 3 is 2.00 bits per heavy atom. The highest BCUT2D eigenvalue weighted by Gasteiger charge is 2.31. The van der Waals surface area contributed by atoms with Crippen molar-refractivity contribution in [3.8, 4) is 11.1 Å². The van der Waals surface area contributed by atoms with Crippen molar-refractivity contribution in [1.29, 1.82) is 0 Å². The zero-order valence-electron chi connectivity index (χ0n) is 15.9. The molecule has 5 rings (SSSR count). The number of nitrogens with zero attached hydrogens (tertiary/aromatic N) is 2. The summed E-state index contributed by atoms with van der Waals surface area (Å²) in [4.78, 5) is 4.67. The summed E-state index contributed by atoms with van der Waals surface area (Å²) in [6.07, 6.45) is 4.05. The van der Waals surface area contributed by atoms with E-state index in [9.17, 15) is 0 Å². The monoisotopic (exact) mass is 374 g/mol. The third-order valence-corrected chi connectivity index (χ3v) is 5.05. The van der Waals surface area contributed by atoms with Crippen LogP contribution in [0.15, 0.2) is 102 Å². The molecule has 1 aliphatic rings. The third-order valence-electron chi connectivity index (χ3n) is 5.05. The molecular weight excluding hydrogens is 354 g/mol. The number of hydrogen-bond donors (Lipinski definition) is 1. The zero-order chi connectivity index (χ0) is 19.6. The fourth-order valence-electron chi connectivity index (χ4n) is 3.65. The molecule has 1 heterocycles. The molecule has 0 saturated heterocycles. The van der Waals surface area contributed by atoms with E-state index in [0.29, 0.717) is 0 Å². The largest absolute Gasteiger partial charge is 0.399 e. The number of nitrogen functional groups attached to an aromatic ring is 1. The van der Waals surface area contributed by atoms with E-state index < -0.39 is 0 Å². The van der Waals surface area contributed by atoms with E-state index in [4.69, 9.17) is 5.73 Å². The maximum Gasteiger partial charge on any atom is 0.219 e. The Hall–Kier alpha value is -3.98. The predicted octanol–water partition coefficient (Wildman–Crippen LogP) is 5.95. The summed E-state index contributed by atoms with van der Waals surface area (Å²) in [5.41, 5.74) is 14.5. The first kappa shape index (κ1) is 17.1. The Balaban J connectivity index is 1.62. The van der Waals surface area contributed by atoms with Crippen molar-refractivity contribution in [1.82, 2.24) is 4.58 Å². The van der Waals surface area contributed by atoms with Crippen molar-refractivity contribution in [2.45, 2.75) is 0 Å². The average Bonchev–Trinajstić information content (AvgIpc) is 3.06. The van der Waals surface area contributed by atoms with Gasteiger partial charge in [0.2, 0.25) is 11.4 Å². The highest BCUT2D eigenvalue weighted by molar-refractivity contribution is 6.00. The van der Waals surface area contributed by atoms with Crippen LogP contribution in [-0.2, 0) is 0 Å². The lowest BCUT2D eigenvalue weighted by atomic mass is 10.0. The van der Waals surface area contributed by atoms with E-state index in [1.807, 2.05) is 66.9 Å². The SMILES string of the molecule is Nc1ccc2c(c1)-c1cc(N=Cc3ccccc3)ccc1[N+]2=Cc1ccccc1. The van der Waals surface area contributed by atoms with Gasteiger partial charge in [0.1, 0.15) is 0 Å². The minimum atomic E-state index is 0.759. The van der Waals surface area contributed by atoms with Crippen LogP contribution in [0.5, 0.6) is 0 Å². The maximum absolute atomic E-state index is 6.10. The fraction of sp³-hybridized carbons (Fsp3) is 0. The minimum absolute atomic E-state index is 0.759. The Labute approximate surface area is 170 Å². The average molecular weight is 374 g/mol. The second-order valence-corrected chi connectivity index (χ2v) is 7.06. The molecule has 3 heteroatoms. The molecule has 0 amide bonds. The van der Waals surface area contributed by atoms with Crippen LogP contribution in [0.25, 0.3) is 11.1 Å². The summed E-state index contributed by atoms with van der Waals surface area (Å²) in [5.74, 6) is 0. The maximum atomic E-state index is 6.10. The van der Waals surface area contributed by atoms with Crippen molar-refractivity contribution in [3.63, 3.8) is 0 Å². The van der Waals surface area contributed by atoms with Crippen molar-refractivity contribution < 1.29 is 0 Å². The van der Waals surface area contributed by atoms with Crippen LogP contribution in [-0.4, -0.2) is 12.4 Å². The topological polar surface area (TPSA) is 41.4 Å². The van der Waals surface area contributed by atoms with E-state index >= 15 is 0 Å². The van der Waals surface area contributed by atoms with Crippen molar-refractivity contribution in [3.05, 3.63) is 108 Å². The molecule has 0 spiro atoms. The Morgan fingerprint density at radius 1 is 0.655 bits per heavy atom. The van der Waals surface area contributed by atoms with Gasteiger partial charge in [0.05, 0.1) is 16.8 Å². The molecule has 0 unspecified atom stereocenters. The second-order valence-electron chi connectivity index (χ2n) is 7.06. The first-order valence-corrected chi connectivity index (χ1v) is 9.60. The molecular formula is C26H20N3+. The number of nitrogens with two attached hydrogens (primary N) is 1. The van der Waals surface area contributed by atoms with Gasteiger partial charge < -0.3 is 5.73 Å². The minimum Gasteiger partial charge on any atom is -0.399 e. The predicted molar refractivity (Wildman–Crippen MR) is 123 cm³/mol. The van der Waals surface area contributed by atoms with Gasteiger partial charge in [-0.05, 0) is 42.0 Å². The van der Waals surface area contributed by atoms with Gasteiger partial charge >= 0.3 is 0 Å². The summed E-state index contributed by atoms with van der Waals surface area (Å²) in [6, 6.07) is 32.8. The van der Waals surface area contributed by atoms with E-state index in [1.165, 1.54) is 0 Å². The van der Waals surface area contributed by atoms with Gasteiger partial charge in [-0.2, -0.15) is 4.58 Å². The summed E-state index contributed by atoms with van der Waals surface area (Å²) in [6.45, 7) is 0. The summed E-state index contributed by atoms with van der Waals surface area (Å²) in [7, 11) is 0. The zero-order valence-corrected chi connectivity index (χ0v) is 15.9. The van der Waals surface area contributed by atoms with Crippen LogP contribution < -0.4 is 10.3 Å². The molecule has 0 radical (unpaired) electrons. The molecule has 1 aliphatic heterocycles. The highest BCUT2D eigenvalue weighted by atomic mass is 15.0. The quantitative estimate of drug-likeness (QED) is 0.236. The fourth-order valence-corrected chi connectivity index (χ4v) is 3.65. The van der Waals surface area contributed by atoms with Gasteiger partial charge in [-0.15, -0.1) is 0 Å². The molecule has 0 atom stereocenters. The standard InChI is InChI=1S/C26H20N3/c27-21-11-13-25-23(15-21)24-16-22(28-17-19-7-3-1-4-8-19)12-14-26(24)29(25)18-20-9-5-2-6-10-20/h1-18H,27H2/q+1. The molecule has 2 N–H and O–H groups in total. The lowest BCUT2D eigenvalue weighted by Crippen LogP contribution is -2.03. The molecule has 0 fully saturated rings. The van der Waals surface area contributed by atoms with Gasteiger partial charge in [0.15, 0.2) is 6.21 Å². The van der Waals surface area contributed by atoms with E-state index in [2.05, 4.69) is 52.2 Å². The molecule has 4 aromatic carbocycles. The van der Waals surface area contributed by atoms with Crippen LogP contribution in [0.1, 0.15) is 11.1 Å². The van der Waals surface area contributed by atoms with Crippen LogP contribution in [0, 0.1) is 0 Å². The number of hydrogen-bond acceptors (Lipinski definition) is 2. The van der Waals surface area contributed by atoms with E-state index in [1.54, 1.807) is 0 Å². The number of fused-ring (bicyclic) bond motifs is 3.